The van der Waals surface area contributed by atoms with E-state index >= 15 is 0 Å². The van der Waals surface area contributed by atoms with Crippen molar-refractivity contribution in [2.75, 3.05) is 20.1 Å². The molecule has 0 bridgehead atoms. The fraction of sp³-hybridized carbons (Fsp3) is 0.571. The number of nitrogens with zero attached hydrogens (tertiary/aromatic N) is 1. The highest BCUT2D eigenvalue weighted by atomic mass is 35.5. The predicted octanol–water partition coefficient (Wildman–Crippen LogP) is 3.15. The zero-order chi connectivity index (χ0) is 12.7. The molecule has 0 aliphatic rings. The molecule has 96 valence electrons. The molecule has 1 atom stereocenters. The Morgan fingerprint density at radius 2 is 2.06 bits per heavy atom. The molecule has 1 rings (SSSR count). The molecular formula is C14H23ClN2. The molecule has 0 heterocycles. The summed E-state index contributed by atoms with van der Waals surface area (Å²) < 4.78 is 0. The number of rotatable bonds is 7. The van der Waals surface area contributed by atoms with E-state index in [1.807, 2.05) is 18.2 Å². The van der Waals surface area contributed by atoms with Crippen molar-refractivity contribution in [1.29, 1.82) is 0 Å². The van der Waals surface area contributed by atoms with E-state index in [2.05, 4.69) is 24.9 Å². The van der Waals surface area contributed by atoms with E-state index < -0.39 is 0 Å². The maximum absolute atomic E-state index is 6.15. The molecule has 1 aromatic rings. The molecule has 17 heavy (non-hydrogen) atoms. The van der Waals surface area contributed by atoms with Crippen LogP contribution >= 0.6 is 11.6 Å². The Morgan fingerprint density at radius 1 is 1.35 bits per heavy atom. The van der Waals surface area contributed by atoms with E-state index in [0.29, 0.717) is 5.92 Å². The second-order valence-corrected chi connectivity index (χ2v) is 5.23. The highest BCUT2D eigenvalue weighted by Crippen LogP contribution is 2.17. The van der Waals surface area contributed by atoms with Gasteiger partial charge in [0.25, 0.3) is 0 Å². The number of hydrogen-bond donors (Lipinski definition) is 1. The van der Waals surface area contributed by atoms with Crippen molar-refractivity contribution < 1.29 is 0 Å². The van der Waals surface area contributed by atoms with Gasteiger partial charge < -0.3 is 10.6 Å². The van der Waals surface area contributed by atoms with Gasteiger partial charge >= 0.3 is 0 Å². The molecular weight excluding hydrogens is 232 g/mol. The van der Waals surface area contributed by atoms with Crippen molar-refractivity contribution in [2.24, 2.45) is 11.7 Å². The molecule has 0 saturated heterocycles. The largest absolute Gasteiger partial charge is 0.330 e. The van der Waals surface area contributed by atoms with Gasteiger partial charge in [-0.15, -0.1) is 0 Å². The number of hydrogen-bond acceptors (Lipinski definition) is 2. The second kappa shape index (κ2) is 7.70. The molecule has 2 nitrogen and oxygen atoms in total. The van der Waals surface area contributed by atoms with Crippen molar-refractivity contribution in [1.82, 2.24) is 4.90 Å². The predicted molar refractivity (Wildman–Crippen MR) is 75.2 cm³/mol. The normalized spacial score (nSPS) is 13.0. The van der Waals surface area contributed by atoms with Gasteiger partial charge in [-0.25, -0.2) is 0 Å². The molecule has 0 radical (unpaired) electrons. The Labute approximate surface area is 110 Å². The van der Waals surface area contributed by atoms with Gasteiger partial charge in [0.15, 0.2) is 0 Å². The molecule has 0 saturated carbocycles. The minimum atomic E-state index is 0.686. The summed E-state index contributed by atoms with van der Waals surface area (Å²) in [6, 6.07) is 8.04. The smallest absolute Gasteiger partial charge is 0.0451 e. The minimum Gasteiger partial charge on any atom is -0.330 e. The summed E-state index contributed by atoms with van der Waals surface area (Å²) in [6.07, 6.45) is 2.31. The Bertz CT molecular complexity index is 328. The molecule has 0 aliphatic heterocycles. The van der Waals surface area contributed by atoms with E-state index in [1.165, 1.54) is 12.0 Å². The molecule has 2 N–H and O–H groups in total. The summed E-state index contributed by atoms with van der Waals surface area (Å²) in [6.45, 7) is 5.06. The first kappa shape index (κ1) is 14.5. The lowest BCUT2D eigenvalue weighted by Crippen LogP contribution is -2.24. The van der Waals surface area contributed by atoms with Gasteiger partial charge in [0.1, 0.15) is 0 Å². The quantitative estimate of drug-likeness (QED) is 0.810. The number of halogens is 1. The topological polar surface area (TPSA) is 29.3 Å². The zero-order valence-corrected chi connectivity index (χ0v) is 11.6. The first-order valence-corrected chi connectivity index (χ1v) is 6.63. The Kier molecular flexibility index (Phi) is 6.56. The van der Waals surface area contributed by atoms with Gasteiger partial charge in [-0.3, -0.25) is 0 Å². The summed E-state index contributed by atoms with van der Waals surface area (Å²) in [7, 11) is 2.14. The van der Waals surface area contributed by atoms with Crippen LogP contribution in [0.3, 0.4) is 0 Å². The molecule has 0 aromatic heterocycles. The van der Waals surface area contributed by atoms with Crippen molar-refractivity contribution in [3.63, 3.8) is 0 Å². The van der Waals surface area contributed by atoms with Crippen LogP contribution in [-0.4, -0.2) is 25.0 Å². The lowest BCUT2D eigenvalue weighted by Gasteiger charge is -2.21. The Hall–Kier alpha value is -0.570. The van der Waals surface area contributed by atoms with E-state index in [9.17, 15) is 0 Å². The summed E-state index contributed by atoms with van der Waals surface area (Å²) in [4.78, 5) is 2.32. The van der Waals surface area contributed by atoms with E-state index in [-0.39, 0.29) is 0 Å². The highest BCUT2D eigenvalue weighted by molar-refractivity contribution is 6.31. The van der Waals surface area contributed by atoms with Crippen LogP contribution in [0, 0.1) is 5.92 Å². The van der Waals surface area contributed by atoms with Crippen LogP contribution in [0.5, 0.6) is 0 Å². The molecule has 0 spiro atoms. The lowest BCUT2D eigenvalue weighted by molar-refractivity contribution is 0.269. The van der Waals surface area contributed by atoms with Crippen LogP contribution in [0.25, 0.3) is 0 Å². The summed E-state index contributed by atoms with van der Waals surface area (Å²) in [5.74, 6) is 0.686. The van der Waals surface area contributed by atoms with E-state index in [1.54, 1.807) is 0 Å². The molecule has 1 aromatic carbocycles. The second-order valence-electron chi connectivity index (χ2n) is 4.82. The van der Waals surface area contributed by atoms with Crippen LogP contribution < -0.4 is 5.73 Å². The molecule has 0 aliphatic carbocycles. The van der Waals surface area contributed by atoms with Crippen molar-refractivity contribution in [2.45, 2.75) is 26.3 Å². The standard InChI is InChI=1S/C14H23ClN2/c1-12(6-5-9-16)10-17(2)11-13-7-3-4-8-14(13)15/h3-4,7-8,12H,5-6,9-11,16H2,1-2H3. The van der Waals surface area contributed by atoms with Crippen molar-refractivity contribution in [3.05, 3.63) is 34.9 Å². The lowest BCUT2D eigenvalue weighted by atomic mass is 10.0. The maximum Gasteiger partial charge on any atom is 0.0451 e. The maximum atomic E-state index is 6.15. The Morgan fingerprint density at radius 3 is 2.71 bits per heavy atom. The highest BCUT2D eigenvalue weighted by Gasteiger charge is 2.08. The SMILES string of the molecule is CC(CCCN)CN(C)Cc1ccccc1Cl. The first-order chi connectivity index (χ1) is 8.13. The molecule has 1 unspecified atom stereocenters. The van der Waals surface area contributed by atoms with Crippen LogP contribution in [0.4, 0.5) is 0 Å². The van der Waals surface area contributed by atoms with Gasteiger partial charge in [-0.1, -0.05) is 36.7 Å². The number of benzene rings is 1. The van der Waals surface area contributed by atoms with Crippen LogP contribution in [0.1, 0.15) is 25.3 Å². The molecule has 3 heteroatoms. The molecule has 0 amide bonds. The van der Waals surface area contributed by atoms with E-state index in [4.69, 9.17) is 17.3 Å². The summed E-state index contributed by atoms with van der Waals surface area (Å²) in [5, 5.41) is 0.856. The first-order valence-electron chi connectivity index (χ1n) is 6.25. The van der Waals surface area contributed by atoms with Crippen molar-refractivity contribution >= 4 is 11.6 Å². The summed E-state index contributed by atoms with van der Waals surface area (Å²) in [5.41, 5.74) is 6.72. The van der Waals surface area contributed by atoms with Gasteiger partial charge in [0.2, 0.25) is 0 Å². The number of nitrogens with two attached hydrogens (primary N) is 1. The van der Waals surface area contributed by atoms with Crippen LogP contribution in [0.15, 0.2) is 24.3 Å². The van der Waals surface area contributed by atoms with Gasteiger partial charge in [-0.2, -0.15) is 0 Å². The Balaban J connectivity index is 2.39. The third-order valence-electron chi connectivity index (χ3n) is 2.92. The van der Waals surface area contributed by atoms with Gasteiger partial charge in [0.05, 0.1) is 0 Å². The average Bonchev–Trinajstić information content (AvgIpc) is 2.29. The van der Waals surface area contributed by atoms with E-state index in [0.717, 1.165) is 31.1 Å². The minimum absolute atomic E-state index is 0.686. The fourth-order valence-corrected chi connectivity index (χ4v) is 2.27. The van der Waals surface area contributed by atoms with Gasteiger partial charge in [0, 0.05) is 18.1 Å². The van der Waals surface area contributed by atoms with Crippen LogP contribution in [-0.2, 0) is 6.54 Å². The zero-order valence-electron chi connectivity index (χ0n) is 10.8. The fourth-order valence-electron chi connectivity index (χ4n) is 2.07. The van der Waals surface area contributed by atoms with Gasteiger partial charge in [-0.05, 0) is 44.0 Å². The summed E-state index contributed by atoms with van der Waals surface area (Å²) >= 11 is 6.15. The van der Waals surface area contributed by atoms with Crippen molar-refractivity contribution in [3.8, 4) is 0 Å². The average molecular weight is 255 g/mol. The third kappa shape index (κ3) is 5.53. The monoisotopic (exact) mass is 254 g/mol. The van der Waals surface area contributed by atoms with Crippen LogP contribution in [0.2, 0.25) is 5.02 Å². The third-order valence-corrected chi connectivity index (χ3v) is 3.29. The molecule has 0 fully saturated rings.